The van der Waals surface area contributed by atoms with Crippen molar-refractivity contribution in [1.82, 2.24) is 0 Å². The molecule has 0 atom stereocenters. The van der Waals surface area contributed by atoms with Crippen molar-refractivity contribution in [2.45, 2.75) is 53.4 Å². The van der Waals surface area contributed by atoms with E-state index in [1.807, 2.05) is 13.8 Å². The van der Waals surface area contributed by atoms with Crippen LogP contribution in [0.1, 0.15) is 53.4 Å². The third kappa shape index (κ3) is 5.35. The first kappa shape index (κ1) is 18.7. The van der Waals surface area contributed by atoms with Crippen molar-refractivity contribution in [3.8, 4) is 0 Å². The normalized spacial score (nSPS) is 11.2. The molecule has 20 heavy (non-hydrogen) atoms. The molecular weight excluding hydrogens is 256 g/mol. The quantitative estimate of drug-likeness (QED) is 0.267. The molecule has 0 aliphatic heterocycles. The van der Waals surface area contributed by atoms with E-state index in [4.69, 9.17) is 9.47 Å². The maximum atomic E-state index is 12.4. The fourth-order valence-corrected chi connectivity index (χ4v) is 2.34. The van der Waals surface area contributed by atoms with Gasteiger partial charge in [0.15, 0.2) is 5.41 Å². The lowest BCUT2D eigenvalue weighted by molar-refractivity contribution is -0.174. The molecule has 0 spiro atoms. The number of hydrogen-bond acceptors (Lipinski definition) is 4. The Kier molecular flexibility index (Phi) is 8.93. The number of unbranched alkanes of at least 4 members (excludes halogenated alkanes) is 1. The van der Waals surface area contributed by atoms with E-state index in [1.165, 1.54) is 0 Å². The summed E-state index contributed by atoms with van der Waals surface area (Å²) in [5.74, 6) is -0.722. The van der Waals surface area contributed by atoms with Crippen molar-refractivity contribution >= 4 is 11.9 Å². The van der Waals surface area contributed by atoms with Gasteiger partial charge in [0.1, 0.15) is 0 Å². The summed E-state index contributed by atoms with van der Waals surface area (Å²) in [6.45, 7) is 11.7. The minimum absolute atomic E-state index is 0.201. The molecule has 0 amide bonds. The number of esters is 2. The molecule has 0 aliphatic carbocycles. The molecule has 0 N–H and O–H groups in total. The minimum atomic E-state index is -1.18. The molecule has 0 radical (unpaired) electrons. The predicted molar refractivity (Wildman–Crippen MR) is 79.2 cm³/mol. The summed E-state index contributed by atoms with van der Waals surface area (Å²) in [5, 5.41) is 0. The third-order valence-electron chi connectivity index (χ3n) is 3.10. The Balaban J connectivity index is 5.30. The van der Waals surface area contributed by atoms with Gasteiger partial charge in [-0.1, -0.05) is 19.9 Å². The molecule has 0 aromatic heterocycles. The molecule has 0 bridgehead atoms. The summed E-state index contributed by atoms with van der Waals surface area (Å²) in [5.41, 5.74) is -1.18. The molecule has 0 aromatic rings. The van der Waals surface area contributed by atoms with Crippen LogP contribution in [0.15, 0.2) is 12.7 Å². The molecule has 0 rings (SSSR count). The summed E-state index contributed by atoms with van der Waals surface area (Å²) >= 11 is 0. The summed E-state index contributed by atoms with van der Waals surface area (Å²) in [4.78, 5) is 24.7. The van der Waals surface area contributed by atoms with Gasteiger partial charge in [0.05, 0.1) is 13.2 Å². The number of carbonyl (C=O) groups excluding carboxylic acids is 2. The van der Waals surface area contributed by atoms with Gasteiger partial charge in [0, 0.05) is 0 Å². The Morgan fingerprint density at radius 1 is 1.15 bits per heavy atom. The van der Waals surface area contributed by atoms with Crippen LogP contribution >= 0.6 is 0 Å². The van der Waals surface area contributed by atoms with Crippen LogP contribution in [-0.4, -0.2) is 25.2 Å². The first-order valence-corrected chi connectivity index (χ1v) is 7.39. The maximum absolute atomic E-state index is 12.4. The molecule has 4 nitrogen and oxygen atoms in total. The van der Waals surface area contributed by atoms with Gasteiger partial charge in [-0.15, -0.1) is 6.58 Å². The van der Waals surface area contributed by atoms with E-state index in [-0.39, 0.29) is 19.1 Å². The highest BCUT2D eigenvalue weighted by Crippen LogP contribution is 2.35. The predicted octanol–water partition coefficient (Wildman–Crippen LogP) is 3.50. The van der Waals surface area contributed by atoms with Gasteiger partial charge >= 0.3 is 11.9 Å². The first-order chi connectivity index (χ1) is 9.44. The standard InChI is InChI=1S/C16H28O4/c1-6-9-10-11-16(12-13(4)5,14(17)19-7-2)15(18)20-8-3/h6,13H,1,7-12H2,2-5H3. The van der Waals surface area contributed by atoms with E-state index in [1.54, 1.807) is 19.9 Å². The molecule has 4 heteroatoms. The van der Waals surface area contributed by atoms with Crippen LogP contribution in [0.5, 0.6) is 0 Å². The number of ether oxygens (including phenoxy) is 2. The zero-order valence-electron chi connectivity index (χ0n) is 13.2. The van der Waals surface area contributed by atoms with E-state index in [0.717, 1.165) is 6.42 Å². The lowest BCUT2D eigenvalue weighted by Crippen LogP contribution is -2.43. The van der Waals surface area contributed by atoms with E-state index < -0.39 is 17.4 Å². The molecule has 0 unspecified atom stereocenters. The van der Waals surface area contributed by atoms with E-state index in [2.05, 4.69) is 6.58 Å². The Labute approximate surface area is 122 Å². The number of carbonyl (C=O) groups is 2. The van der Waals surface area contributed by atoms with Crippen LogP contribution in [0.4, 0.5) is 0 Å². The van der Waals surface area contributed by atoms with Gasteiger partial charge in [-0.05, 0) is 45.4 Å². The maximum Gasteiger partial charge on any atom is 0.323 e. The van der Waals surface area contributed by atoms with Gasteiger partial charge in [0.2, 0.25) is 0 Å². The van der Waals surface area contributed by atoms with Gasteiger partial charge in [0.25, 0.3) is 0 Å². The molecule has 0 saturated heterocycles. The van der Waals surface area contributed by atoms with Crippen molar-refractivity contribution in [2.24, 2.45) is 11.3 Å². The highest BCUT2D eigenvalue weighted by Gasteiger charge is 2.48. The average molecular weight is 284 g/mol. The summed E-state index contributed by atoms with van der Waals surface area (Å²) in [6, 6.07) is 0. The summed E-state index contributed by atoms with van der Waals surface area (Å²) in [6.07, 6.45) is 4.15. The second-order valence-electron chi connectivity index (χ2n) is 5.30. The second-order valence-corrected chi connectivity index (χ2v) is 5.30. The van der Waals surface area contributed by atoms with Crippen molar-refractivity contribution in [3.63, 3.8) is 0 Å². The topological polar surface area (TPSA) is 52.6 Å². The summed E-state index contributed by atoms with van der Waals surface area (Å²) < 4.78 is 10.3. The SMILES string of the molecule is C=CCCCC(CC(C)C)(C(=O)OCC)C(=O)OCC. The van der Waals surface area contributed by atoms with Gasteiger partial charge in [-0.3, -0.25) is 9.59 Å². The van der Waals surface area contributed by atoms with Crippen molar-refractivity contribution in [2.75, 3.05) is 13.2 Å². The van der Waals surface area contributed by atoms with E-state index in [9.17, 15) is 9.59 Å². The van der Waals surface area contributed by atoms with Crippen LogP contribution in [0.2, 0.25) is 0 Å². The van der Waals surface area contributed by atoms with Crippen LogP contribution in [0, 0.1) is 11.3 Å². The average Bonchev–Trinajstić information content (AvgIpc) is 2.37. The fraction of sp³-hybridized carbons (Fsp3) is 0.750. The third-order valence-corrected chi connectivity index (χ3v) is 3.10. The van der Waals surface area contributed by atoms with Crippen LogP contribution in [-0.2, 0) is 19.1 Å². The Bertz CT molecular complexity index is 302. The van der Waals surface area contributed by atoms with E-state index in [0.29, 0.717) is 19.3 Å². The fourth-order valence-electron chi connectivity index (χ4n) is 2.34. The lowest BCUT2D eigenvalue weighted by Gasteiger charge is -2.30. The van der Waals surface area contributed by atoms with E-state index >= 15 is 0 Å². The molecule has 0 aromatic carbocycles. The Hall–Kier alpha value is -1.32. The molecule has 0 saturated carbocycles. The van der Waals surface area contributed by atoms with Crippen LogP contribution < -0.4 is 0 Å². The lowest BCUT2D eigenvalue weighted by atomic mass is 9.76. The van der Waals surface area contributed by atoms with Gasteiger partial charge in [-0.25, -0.2) is 0 Å². The largest absolute Gasteiger partial charge is 0.465 e. The number of allylic oxidation sites excluding steroid dienone is 1. The minimum Gasteiger partial charge on any atom is -0.465 e. The summed E-state index contributed by atoms with van der Waals surface area (Å²) in [7, 11) is 0. The molecule has 0 aliphatic rings. The highest BCUT2D eigenvalue weighted by molar-refractivity contribution is 6.00. The number of rotatable bonds is 10. The van der Waals surface area contributed by atoms with Crippen LogP contribution in [0.25, 0.3) is 0 Å². The smallest absolute Gasteiger partial charge is 0.323 e. The highest BCUT2D eigenvalue weighted by atomic mass is 16.6. The van der Waals surface area contributed by atoms with Gasteiger partial charge in [-0.2, -0.15) is 0 Å². The Morgan fingerprint density at radius 2 is 1.65 bits per heavy atom. The van der Waals surface area contributed by atoms with Gasteiger partial charge < -0.3 is 9.47 Å². The Morgan fingerprint density at radius 3 is 2.00 bits per heavy atom. The second kappa shape index (κ2) is 9.56. The molecular formula is C16H28O4. The first-order valence-electron chi connectivity index (χ1n) is 7.39. The number of hydrogen-bond donors (Lipinski definition) is 0. The molecule has 116 valence electrons. The molecule has 0 heterocycles. The molecule has 0 fully saturated rings. The monoisotopic (exact) mass is 284 g/mol. The van der Waals surface area contributed by atoms with Crippen LogP contribution in [0.3, 0.4) is 0 Å². The zero-order chi connectivity index (χ0) is 15.6. The van der Waals surface area contributed by atoms with Crippen molar-refractivity contribution < 1.29 is 19.1 Å². The van der Waals surface area contributed by atoms with Crippen molar-refractivity contribution in [1.29, 1.82) is 0 Å². The zero-order valence-corrected chi connectivity index (χ0v) is 13.2. The van der Waals surface area contributed by atoms with Crippen molar-refractivity contribution in [3.05, 3.63) is 12.7 Å².